The first-order valence-corrected chi connectivity index (χ1v) is 9.64. The van der Waals surface area contributed by atoms with E-state index >= 15 is 0 Å². The quantitative estimate of drug-likeness (QED) is 0.279. The lowest BCUT2D eigenvalue weighted by atomic mass is 10.1. The number of ether oxygens (including phenoxy) is 2. The number of esters is 2. The number of halogens is 2. The molecule has 0 aliphatic carbocycles. The number of likely N-dealkylation sites (N-methyl/N-ethyl adjacent to an activating group) is 1. The van der Waals surface area contributed by atoms with E-state index in [-0.39, 0.29) is 19.6 Å². The largest absolute Gasteiger partial charge is 0.423 e. The van der Waals surface area contributed by atoms with Gasteiger partial charge in [0.05, 0.1) is 0 Å². The van der Waals surface area contributed by atoms with Crippen LogP contribution in [0.25, 0.3) is 0 Å². The molecule has 1 heterocycles. The van der Waals surface area contributed by atoms with Gasteiger partial charge in [0.2, 0.25) is 5.24 Å². The number of nitrogens with zero attached hydrogens (tertiary/aromatic N) is 2. The van der Waals surface area contributed by atoms with Crippen molar-refractivity contribution in [2.24, 2.45) is 0 Å². The van der Waals surface area contributed by atoms with Crippen LogP contribution in [0.5, 0.6) is 11.5 Å². The molecular formula is C19H19ClFN3O8. The highest BCUT2D eigenvalue weighted by molar-refractivity contribution is 6.64. The number of hydrogen-bond donors (Lipinski definition) is 1. The molecule has 172 valence electrons. The summed E-state index contributed by atoms with van der Waals surface area (Å²) in [5.74, 6) is -5.69. The number of carbonyl (C=O) groups is 6. The Morgan fingerprint density at radius 2 is 1.62 bits per heavy atom. The van der Waals surface area contributed by atoms with E-state index in [1.807, 2.05) is 0 Å². The highest BCUT2D eigenvalue weighted by atomic mass is 35.5. The summed E-state index contributed by atoms with van der Waals surface area (Å²) in [5.41, 5.74) is -0.531. The second kappa shape index (κ2) is 10.2. The summed E-state index contributed by atoms with van der Waals surface area (Å²) in [6.07, 6.45) is 0. The lowest BCUT2D eigenvalue weighted by Crippen LogP contribution is -2.58. The Morgan fingerprint density at radius 3 is 2.12 bits per heavy atom. The van der Waals surface area contributed by atoms with Crippen LogP contribution < -0.4 is 14.8 Å². The first-order valence-electron chi connectivity index (χ1n) is 9.27. The molecule has 11 nitrogen and oxygen atoms in total. The third kappa shape index (κ3) is 5.58. The summed E-state index contributed by atoms with van der Waals surface area (Å²) < 4.78 is 24.4. The van der Waals surface area contributed by atoms with Crippen molar-refractivity contribution in [1.29, 1.82) is 0 Å². The number of benzene rings is 1. The minimum absolute atomic E-state index is 0.0794. The molecule has 32 heavy (non-hydrogen) atoms. The number of carbonyl (C=O) groups excluding carboxylic acids is 6. The third-order valence-electron chi connectivity index (χ3n) is 4.31. The molecule has 1 saturated heterocycles. The fourth-order valence-corrected chi connectivity index (χ4v) is 3.04. The van der Waals surface area contributed by atoms with Crippen molar-refractivity contribution in [3.8, 4) is 11.5 Å². The van der Waals surface area contributed by atoms with Crippen molar-refractivity contribution in [1.82, 2.24) is 15.1 Å². The van der Waals surface area contributed by atoms with Gasteiger partial charge >= 0.3 is 29.8 Å². The van der Waals surface area contributed by atoms with Crippen molar-refractivity contribution in [2.45, 2.75) is 26.8 Å². The lowest BCUT2D eigenvalue weighted by Gasteiger charge is -2.32. The maximum atomic E-state index is 14.7. The molecule has 1 aromatic carbocycles. The van der Waals surface area contributed by atoms with E-state index in [0.29, 0.717) is 11.0 Å². The first-order chi connectivity index (χ1) is 15.0. The molecule has 0 bridgehead atoms. The Morgan fingerprint density at radius 1 is 1.06 bits per heavy atom. The van der Waals surface area contributed by atoms with Gasteiger partial charge < -0.3 is 19.7 Å². The Labute approximate surface area is 186 Å². The van der Waals surface area contributed by atoms with E-state index in [0.717, 1.165) is 19.9 Å². The number of piperazine rings is 1. The van der Waals surface area contributed by atoms with Gasteiger partial charge in [-0.15, -0.1) is 0 Å². The molecule has 1 atom stereocenters. The van der Waals surface area contributed by atoms with E-state index in [2.05, 4.69) is 5.32 Å². The Balaban J connectivity index is 2.37. The Kier molecular flexibility index (Phi) is 7.87. The summed E-state index contributed by atoms with van der Waals surface area (Å²) in [4.78, 5) is 73.1. The van der Waals surface area contributed by atoms with Gasteiger partial charge in [-0.05, 0) is 24.6 Å². The van der Waals surface area contributed by atoms with Gasteiger partial charge in [-0.25, -0.2) is 9.18 Å². The second-order valence-corrected chi connectivity index (χ2v) is 6.91. The van der Waals surface area contributed by atoms with Crippen LogP contribution in [0.3, 0.4) is 0 Å². The highest BCUT2D eigenvalue weighted by Gasteiger charge is 2.37. The van der Waals surface area contributed by atoms with Crippen molar-refractivity contribution >= 4 is 46.6 Å². The molecule has 1 fully saturated rings. The summed E-state index contributed by atoms with van der Waals surface area (Å²) in [6.45, 7) is 3.92. The average Bonchev–Trinajstić information content (AvgIpc) is 2.69. The van der Waals surface area contributed by atoms with Crippen LogP contribution in [0.1, 0.15) is 32.4 Å². The highest BCUT2D eigenvalue weighted by Crippen LogP contribution is 2.34. The van der Waals surface area contributed by atoms with E-state index in [1.165, 1.54) is 4.90 Å². The second-order valence-electron chi connectivity index (χ2n) is 6.54. The fourth-order valence-electron chi connectivity index (χ4n) is 2.87. The number of amides is 4. The number of urea groups is 1. The van der Waals surface area contributed by atoms with Crippen LogP contribution >= 0.6 is 11.6 Å². The molecule has 0 saturated carbocycles. The third-order valence-corrected chi connectivity index (χ3v) is 4.53. The van der Waals surface area contributed by atoms with E-state index in [9.17, 15) is 33.2 Å². The molecular weight excluding hydrogens is 453 g/mol. The zero-order valence-corrected chi connectivity index (χ0v) is 18.0. The van der Waals surface area contributed by atoms with Crippen LogP contribution in [0.15, 0.2) is 12.1 Å². The minimum Gasteiger partial charge on any atom is -0.423 e. The molecule has 1 aromatic rings. The van der Waals surface area contributed by atoms with Crippen LogP contribution in [0, 0.1) is 5.82 Å². The van der Waals surface area contributed by atoms with Gasteiger partial charge in [0.25, 0.3) is 0 Å². The van der Waals surface area contributed by atoms with Crippen LogP contribution in [-0.4, -0.2) is 64.5 Å². The van der Waals surface area contributed by atoms with Crippen molar-refractivity contribution in [3.05, 3.63) is 23.5 Å². The molecule has 1 aliphatic heterocycles. The minimum atomic E-state index is -1.82. The maximum Gasteiger partial charge on any atom is 0.325 e. The van der Waals surface area contributed by atoms with Crippen molar-refractivity contribution < 1.29 is 42.6 Å². The molecule has 2 rings (SSSR count). The number of rotatable bonds is 6. The predicted octanol–water partition coefficient (Wildman–Crippen LogP) is 0.883. The SMILES string of the molecule is CCN1CCN(C(=O)NC(C(=O)Cl)c2cc(OC(C)=O)c(OC(C)=O)cc2F)C(=O)C1=O. The summed E-state index contributed by atoms with van der Waals surface area (Å²) >= 11 is 5.53. The van der Waals surface area contributed by atoms with Crippen molar-refractivity contribution in [3.63, 3.8) is 0 Å². The smallest absolute Gasteiger partial charge is 0.325 e. The number of imide groups is 1. The average molecular weight is 472 g/mol. The standard InChI is InChI=1S/C19H19ClFN3O8/c1-4-23-5-6-24(18(29)17(23)28)19(30)22-15(16(20)27)11-7-13(31-9(2)25)14(8-12(11)21)32-10(3)26/h7-8,15H,4-6H2,1-3H3,(H,22,30). The lowest BCUT2D eigenvalue weighted by molar-refractivity contribution is -0.153. The summed E-state index contributed by atoms with van der Waals surface area (Å²) in [5, 5.41) is 0.855. The first kappa shape index (κ1) is 24.7. The number of hydrogen-bond acceptors (Lipinski definition) is 8. The number of nitrogens with one attached hydrogen (secondary N) is 1. The van der Waals surface area contributed by atoms with E-state index in [4.69, 9.17) is 21.1 Å². The predicted molar refractivity (Wildman–Crippen MR) is 105 cm³/mol. The van der Waals surface area contributed by atoms with Crippen molar-refractivity contribution in [2.75, 3.05) is 19.6 Å². The Bertz CT molecular complexity index is 999. The van der Waals surface area contributed by atoms with Crippen LogP contribution in [-0.2, 0) is 24.0 Å². The molecule has 1 aliphatic rings. The zero-order valence-electron chi connectivity index (χ0n) is 17.3. The molecule has 1 N–H and O–H groups in total. The molecule has 13 heteroatoms. The molecule has 0 radical (unpaired) electrons. The summed E-state index contributed by atoms with van der Waals surface area (Å²) in [7, 11) is 0. The fraction of sp³-hybridized carbons (Fsp3) is 0.368. The maximum absolute atomic E-state index is 14.7. The molecule has 1 unspecified atom stereocenters. The van der Waals surface area contributed by atoms with Gasteiger partial charge in [0.1, 0.15) is 11.9 Å². The van der Waals surface area contributed by atoms with E-state index in [1.54, 1.807) is 6.92 Å². The summed E-state index contributed by atoms with van der Waals surface area (Å²) in [6, 6.07) is -1.46. The van der Waals surface area contributed by atoms with E-state index < -0.39 is 63.9 Å². The van der Waals surface area contributed by atoms with Gasteiger partial charge in [-0.3, -0.25) is 28.9 Å². The van der Waals surface area contributed by atoms with Gasteiger partial charge in [-0.2, -0.15) is 0 Å². The van der Waals surface area contributed by atoms with Gasteiger partial charge in [0, 0.05) is 45.1 Å². The topological polar surface area (TPSA) is 139 Å². The van der Waals surface area contributed by atoms with Crippen LogP contribution in [0.4, 0.5) is 9.18 Å². The molecule has 0 spiro atoms. The Hall–Kier alpha value is -3.54. The van der Waals surface area contributed by atoms with Crippen LogP contribution in [0.2, 0.25) is 0 Å². The molecule has 0 aromatic heterocycles. The zero-order chi connectivity index (χ0) is 24.2. The molecule has 4 amide bonds. The van der Waals surface area contributed by atoms with Gasteiger partial charge in [-0.1, -0.05) is 0 Å². The monoisotopic (exact) mass is 471 g/mol. The van der Waals surface area contributed by atoms with Gasteiger partial charge in [0.15, 0.2) is 11.5 Å². The normalized spacial score (nSPS) is 14.7.